The first-order valence-corrected chi connectivity index (χ1v) is 6.80. The van der Waals surface area contributed by atoms with Gasteiger partial charge in [0.1, 0.15) is 0 Å². The van der Waals surface area contributed by atoms with E-state index in [4.69, 9.17) is 5.73 Å². The Morgan fingerprint density at radius 2 is 2.00 bits per heavy atom. The van der Waals surface area contributed by atoms with Gasteiger partial charge in [0.25, 0.3) is 0 Å². The molecule has 108 valence electrons. The second kappa shape index (κ2) is 9.68. The van der Waals surface area contributed by atoms with Gasteiger partial charge in [-0.3, -0.25) is 4.79 Å². The van der Waals surface area contributed by atoms with Gasteiger partial charge in [0.15, 0.2) is 0 Å². The fraction of sp³-hybridized carbons (Fsp3) is 0.533. The Kier molecular flexibility index (Phi) is 9.06. The lowest BCUT2D eigenvalue weighted by Crippen LogP contribution is -2.34. The van der Waals surface area contributed by atoms with Crippen LogP contribution in [0.5, 0.6) is 0 Å². The fourth-order valence-electron chi connectivity index (χ4n) is 2.04. The van der Waals surface area contributed by atoms with Crippen LogP contribution in [0.4, 0.5) is 5.69 Å². The van der Waals surface area contributed by atoms with Gasteiger partial charge < -0.3 is 11.1 Å². The fourth-order valence-corrected chi connectivity index (χ4v) is 2.04. The Morgan fingerprint density at radius 1 is 1.32 bits per heavy atom. The third-order valence-corrected chi connectivity index (χ3v) is 3.17. The molecule has 0 aliphatic rings. The molecule has 0 aliphatic carbocycles. The van der Waals surface area contributed by atoms with E-state index in [0.29, 0.717) is 18.9 Å². The zero-order chi connectivity index (χ0) is 13.4. The molecular weight excluding hydrogens is 260 g/mol. The van der Waals surface area contributed by atoms with E-state index in [0.717, 1.165) is 30.5 Å². The number of nitrogen functional groups attached to an aromatic ring is 1. The Balaban J connectivity index is 0.00000324. The minimum Gasteiger partial charge on any atom is -0.399 e. The highest BCUT2D eigenvalue weighted by Crippen LogP contribution is 2.12. The topological polar surface area (TPSA) is 55.1 Å². The number of carbonyl (C=O) groups excluding carboxylic acids is 1. The van der Waals surface area contributed by atoms with Crippen LogP contribution in [-0.4, -0.2) is 11.9 Å². The zero-order valence-corrected chi connectivity index (χ0v) is 12.6. The molecule has 1 atom stereocenters. The predicted octanol–water partition coefficient (Wildman–Crippen LogP) is 3.32. The minimum atomic E-state index is 0. The molecule has 3 nitrogen and oxygen atoms in total. The van der Waals surface area contributed by atoms with E-state index in [2.05, 4.69) is 19.2 Å². The van der Waals surface area contributed by atoms with E-state index in [9.17, 15) is 4.79 Å². The van der Waals surface area contributed by atoms with Gasteiger partial charge in [-0.15, -0.1) is 12.4 Å². The molecular formula is C15H25ClN2O. The summed E-state index contributed by atoms with van der Waals surface area (Å²) in [6.45, 7) is 4.25. The molecule has 1 unspecified atom stereocenters. The van der Waals surface area contributed by atoms with Gasteiger partial charge in [0.05, 0.1) is 0 Å². The number of nitrogens with one attached hydrogen (secondary N) is 1. The van der Waals surface area contributed by atoms with Crippen LogP contribution in [0.25, 0.3) is 0 Å². The van der Waals surface area contributed by atoms with E-state index >= 15 is 0 Å². The number of hydrogen-bond acceptors (Lipinski definition) is 2. The standard InChI is InChI=1S/C15H24N2O.ClH/c1-3-7-13(4-2)17-15(18)11-10-12-8-5-6-9-14(12)16;/h5-6,8-9,13H,3-4,7,10-11,16H2,1-2H3,(H,17,18);1H. The van der Waals surface area contributed by atoms with Gasteiger partial charge in [0.2, 0.25) is 5.91 Å². The van der Waals surface area contributed by atoms with Crippen LogP contribution < -0.4 is 11.1 Å². The Bertz CT molecular complexity index is 382. The van der Waals surface area contributed by atoms with Crippen LogP contribution in [0.2, 0.25) is 0 Å². The third kappa shape index (κ3) is 6.48. The number of halogens is 1. The van der Waals surface area contributed by atoms with E-state index in [1.165, 1.54) is 0 Å². The summed E-state index contributed by atoms with van der Waals surface area (Å²) in [5.74, 6) is 0.124. The van der Waals surface area contributed by atoms with Crippen LogP contribution in [0, 0.1) is 0 Å². The van der Waals surface area contributed by atoms with Crippen LogP contribution in [0.1, 0.15) is 45.1 Å². The molecule has 0 spiro atoms. The van der Waals surface area contributed by atoms with Crippen molar-refractivity contribution in [3.8, 4) is 0 Å². The summed E-state index contributed by atoms with van der Waals surface area (Å²) in [6, 6.07) is 8.03. The largest absolute Gasteiger partial charge is 0.399 e. The summed E-state index contributed by atoms with van der Waals surface area (Å²) < 4.78 is 0. The zero-order valence-electron chi connectivity index (χ0n) is 11.8. The molecule has 0 saturated carbocycles. The molecule has 3 N–H and O–H groups in total. The average Bonchev–Trinajstić information content (AvgIpc) is 2.37. The van der Waals surface area contributed by atoms with Gasteiger partial charge in [-0.1, -0.05) is 38.5 Å². The maximum Gasteiger partial charge on any atom is 0.220 e. The second-order valence-corrected chi connectivity index (χ2v) is 4.66. The van der Waals surface area contributed by atoms with E-state index in [1.54, 1.807) is 0 Å². The number of benzene rings is 1. The first-order valence-electron chi connectivity index (χ1n) is 6.80. The number of amides is 1. The first kappa shape index (κ1) is 17.8. The summed E-state index contributed by atoms with van der Waals surface area (Å²) in [6.07, 6.45) is 4.36. The van der Waals surface area contributed by atoms with Crippen molar-refractivity contribution in [1.82, 2.24) is 5.32 Å². The first-order chi connectivity index (χ1) is 8.67. The maximum absolute atomic E-state index is 11.8. The van der Waals surface area contributed by atoms with Gasteiger partial charge in [-0.05, 0) is 30.9 Å². The van der Waals surface area contributed by atoms with Crippen LogP contribution >= 0.6 is 12.4 Å². The highest BCUT2D eigenvalue weighted by Gasteiger charge is 2.09. The van der Waals surface area contributed by atoms with Crippen molar-refractivity contribution < 1.29 is 4.79 Å². The monoisotopic (exact) mass is 284 g/mol. The normalized spacial score (nSPS) is 11.5. The number of hydrogen-bond donors (Lipinski definition) is 2. The number of carbonyl (C=O) groups is 1. The van der Waals surface area contributed by atoms with Gasteiger partial charge in [0, 0.05) is 18.2 Å². The van der Waals surface area contributed by atoms with Crippen molar-refractivity contribution >= 4 is 24.0 Å². The quantitative estimate of drug-likeness (QED) is 0.755. The van der Waals surface area contributed by atoms with Crippen molar-refractivity contribution in [2.45, 2.75) is 52.0 Å². The highest BCUT2D eigenvalue weighted by molar-refractivity contribution is 5.85. The Hall–Kier alpha value is -1.22. The minimum absolute atomic E-state index is 0. The SMILES string of the molecule is CCCC(CC)NC(=O)CCc1ccccc1N.Cl. The van der Waals surface area contributed by atoms with Crippen molar-refractivity contribution in [2.24, 2.45) is 0 Å². The number of nitrogens with two attached hydrogens (primary N) is 1. The van der Waals surface area contributed by atoms with E-state index < -0.39 is 0 Å². The smallest absolute Gasteiger partial charge is 0.220 e. The van der Waals surface area contributed by atoms with Gasteiger partial charge >= 0.3 is 0 Å². The molecule has 0 bridgehead atoms. The van der Waals surface area contributed by atoms with Gasteiger partial charge in [-0.25, -0.2) is 0 Å². The van der Waals surface area contributed by atoms with Crippen LogP contribution in [0.15, 0.2) is 24.3 Å². The molecule has 0 aromatic heterocycles. The molecule has 0 heterocycles. The lowest BCUT2D eigenvalue weighted by molar-refractivity contribution is -0.121. The molecule has 4 heteroatoms. The number of para-hydroxylation sites is 1. The molecule has 0 fully saturated rings. The van der Waals surface area contributed by atoms with Crippen molar-refractivity contribution in [3.63, 3.8) is 0 Å². The molecule has 1 aromatic rings. The predicted molar refractivity (Wildman–Crippen MR) is 83.6 cm³/mol. The summed E-state index contributed by atoms with van der Waals surface area (Å²) in [7, 11) is 0. The molecule has 0 saturated heterocycles. The molecule has 1 amide bonds. The van der Waals surface area contributed by atoms with Crippen molar-refractivity contribution in [3.05, 3.63) is 29.8 Å². The number of anilines is 1. The number of rotatable bonds is 7. The summed E-state index contributed by atoms with van der Waals surface area (Å²) >= 11 is 0. The average molecular weight is 285 g/mol. The van der Waals surface area contributed by atoms with E-state index in [-0.39, 0.29) is 18.3 Å². The van der Waals surface area contributed by atoms with Crippen molar-refractivity contribution in [1.29, 1.82) is 0 Å². The number of aryl methyl sites for hydroxylation is 1. The second-order valence-electron chi connectivity index (χ2n) is 4.66. The molecule has 0 aliphatic heterocycles. The van der Waals surface area contributed by atoms with Gasteiger partial charge in [-0.2, -0.15) is 0 Å². The summed E-state index contributed by atoms with van der Waals surface area (Å²) in [5.41, 5.74) is 7.67. The highest BCUT2D eigenvalue weighted by atomic mass is 35.5. The summed E-state index contributed by atoms with van der Waals surface area (Å²) in [4.78, 5) is 11.8. The van der Waals surface area contributed by atoms with Crippen LogP contribution in [0.3, 0.4) is 0 Å². The maximum atomic E-state index is 11.8. The third-order valence-electron chi connectivity index (χ3n) is 3.17. The Labute approximate surface area is 122 Å². The molecule has 1 aromatic carbocycles. The lowest BCUT2D eigenvalue weighted by Gasteiger charge is -2.16. The molecule has 1 rings (SSSR count). The van der Waals surface area contributed by atoms with E-state index in [1.807, 2.05) is 24.3 Å². The summed E-state index contributed by atoms with van der Waals surface area (Å²) in [5, 5.41) is 3.08. The van der Waals surface area contributed by atoms with Crippen LogP contribution in [-0.2, 0) is 11.2 Å². The molecule has 0 radical (unpaired) electrons. The molecule has 19 heavy (non-hydrogen) atoms. The van der Waals surface area contributed by atoms with Crippen molar-refractivity contribution in [2.75, 3.05) is 5.73 Å². The Morgan fingerprint density at radius 3 is 2.58 bits per heavy atom. The lowest BCUT2D eigenvalue weighted by atomic mass is 10.1.